The Kier molecular flexibility index (Phi) is 5.87. The summed E-state index contributed by atoms with van der Waals surface area (Å²) in [7, 11) is -1.76. The maximum atomic E-state index is 12.7. The molecule has 1 aliphatic heterocycles. The summed E-state index contributed by atoms with van der Waals surface area (Å²) in [5, 5.41) is 0. The van der Waals surface area contributed by atoms with Crippen LogP contribution in [-0.4, -0.2) is 51.8 Å². The third kappa shape index (κ3) is 4.27. The molecule has 0 amide bonds. The highest BCUT2D eigenvalue weighted by atomic mass is 32.2. The number of hydrogen-bond donors (Lipinski definition) is 0. The summed E-state index contributed by atoms with van der Waals surface area (Å²) in [6.45, 7) is 2.63. The van der Waals surface area contributed by atoms with Crippen LogP contribution in [-0.2, 0) is 26.0 Å². The van der Waals surface area contributed by atoms with E-state index in [1.54, 1.807) is 14.0 Å². The van der Waals surface area contributed by atoms with Crippen molar-refractivity contribution in [2.75, 3.05) is 33.1 Å². The van der Waals surface area contributed by atoms with E-state index < -0.39 is 15.4 Å². The van der Waals surface area contributed by atoms with Crippen LogP contribution in [0.5, 0.6) is 5.75 Å². The van der Waals surface area contributed by atoms with Crippen molar-refractivity contribution < 1.29 is 22.7 Å². The van der Waals surface area contributed by atoms with Crippen LogP contribution in [0.1, 0.15) is 25.3 Å². The molecule has 2 rings (SSSR count). The number of piperidine rings is 1. The van der Waals surface area contributed by atoms with Crippen LogP contribution in [0.3, 0.4) is 0 Å². The second-order valence-corrected chi connectivity index (χ2v) is 8.21. The van der Waals surface area contributed by atoms with Crippen molar-refractivity contribution in [3.8, 4) is 5.75 Å². The molecule has 0 bridgehead atoms. The van der Waals surface area contributed by atoms with Crippen molar-refractivity contribution in [2.24, 2.45) is 5.41 Å². The Bertz CT molecular complexity index is 688. The number of benzene rings is 1. The Morgan fingerprint density at radius 1 is 1.38 bits per heavy atom. The minimum atomic E-state index is -3.35. The van der Waals surface area contributed by atoms with E-state index in [0.29, 0.717) is 31.6 Å². The molecule has 134 valence electrons. The van der Waals surface area contributed by atoms with Gasteiger partial charge in [-0.25, -0.2) is 12.7 Å². The third-order valence-electron chi connectivity index (χ3n) is 4.40. The smallest absolute Gasteiger partial charge is 0.313 e. The first-order chi connectivity index (χ1) is 11.3. The van der Waals surface area contributed by atoms with Crippen molar-refractivity contribution in [1.29, 1.82) is 0 Å². The summed E-state index contributed by atoms with van der Waals surface area (Å²) in [5.41, 5.74) is 0.0710. The van der Waals surface area contributed by atoms with Gasteiger partial charge in [-0.3, -0.25) is 4.79 Å². The first-order valence-electron chi connectivity index (χ1n) is 8.06. The van der Waals surface area contributed by atoms with Gasteiger partial charge in [-0.2, -0.15) is 0 Å². The fourth-order valence-electron chi connectivity index (χ4n) is 3.21. The molecule has 1 heterocycles. The highest BCUT2D eigenvalue weighted by Crippen LogP contribution is 2.36. The number of rotatable bonds is 6. The minimum Gasteiger partial charge on any atom is -0.497 e. The van der Waals surface area contributed by atoms with Gasteiger partial charge in [0.15, 0.2) is 0 Å². The van der Waals surface area contributed by atoms with E-state index in [-0.39, 0.29) is 19.1 Å². The molecule has 7 heteroatoms. The van der Waals surface area contributed by atoms with Crippen LogP contribution in [0, 0.1) is 5.41 Å². The average molecular weight is 355 g/mol. The number of carbonyl (C=O) groups excluding carboxylic acids is 1. The molecule has 0 aliphatic carbocycles. The molecular weight excluding hydrogens is 330 g/mol. The van der Waals surface area contributed by atoms with Crippen LogP contribution in [0.2, 0.25) is 0 Å². The molecule has 1 aliphatic rings. The zero-order chi connectivity index (χ0) is 17.8. The van der Waals surface area contributed by atoms with Gasteiger partial charge >= 0.3 is 5.97 Å². The first-order valence-corrected chi connectivity index (χ1v) is 9.91. The summed E-state index contributed by atoms with van der Waals surface area (Å²) < 4.78 is 35.8. The summed E-state index contributed by atoms with van der Waals surface area (Å²) in [6.07, 6.45) is 2.85. The molecule has 0 saturated carbocycles. The van der Waals surface area contributed by atoms with Crippen molar-refractivity contribution in [2.45, 2.75) is 26.2 Å². The maximum Gasteiger partial charge on any atom is 0.313 e. The molecule has 0 unspecified atom stereocenters. The third-order valence-corrected chi connectivity index (χ3v) is 5.65. The molecule has 6 nitrogen and oxygen atoms in total. The molecular formula is C17H25NO5S. The highest BCUT2D eigenvalue weighted by Gasteiger charge is 2.45. The van der Waals surface area contributed by atoms with Gasteiger partial charge < -0.3 is 9.47 Å². The SMILES string of the molecule is CCOC(=O)[C@]1(Cc2cccc(OC)c2)CCCN(S(C)(=O)=O)C1. The first kappa shape index (κ1) is 18.7. The lowest BCUT2D eigenvalue weighted by molar-refractivity contribution is -0.157. The van der Waals surface area contributed by atoms with Crippen molar-refractivity contribution in [3.05, 3.63) is 29.8 Å². The maximum absolute atomic E-state index is 12.7. The van der Waals surface area contributed by atoms with Gasteiger partial charge in [0.05, 0.1) is 25.4 Å². The lowest BCUT2D eigenvalue weighted by Crippen LogP contribution is -2.51. The van der Waals surface area contributed by atoms with E-state index in [2.05, 4.69) is 0 Å². The van der Waals surface area contributed by atoms with Crippen molar-refractivity contribution in [1.82, 2.24) is 4.31 Å². The second kappa shape index (κ2) is 7.53. The Labute approximate surface area is 143 Å². The lowest BCUT2D eigenvalue weighted by atomic mass is 9.75. The number of hydrogen-bond acceptors (Lipinski definition) is 5. The number of nitrogens with zero attached hydrogens (tertiary/aromatic N) is 1. The molecule has 1 aromatic carbocycles. The largest absolute Gasteiger partial charge is 0.497 e. The molecule has 1 aromatic rings. The quantitative estimate of drug-likeness (QED) is 0.728. The molecule has 24 heavy (non-hydrogen) atoms. The van der Waals surface area contributed by atoms with Crippen LogP contribution in [0.15, 0.2) is 24.3 Å². The zero-order valence-corrected chi connectivity index (χ0v) is 15.3. The fraction of sp³-hybridized carbons (Fsp3) is 0.588. The van der Waals surface area contributed by atoms with Gasteiger partial charge in [-0.1, -0.05) is 12.1 Å². The van der Waals surface area contributed by atoms with Gasteiger partial charge in [0.25, 0.3) is 0 Å². The normalized spacial score (nSPS) is 22.1. The summed E-state index contributed by atoms with van der Waals surface area (Å²) in [4.78, 5) is 12.7. The van der Waals surface area contributed by atoms with Crippen molar-refractivity contribution >= 4 is 16.0 Å². The number of ether oxygens (including phenoxy) is 2. The fourth-order valence-corrected chi connectivity index (χ4v) is 4.16. The lowest BCUT2D eigenvalue weighted by Gasteiger charge is -2.40. The summed E-state index contributed by atoms with van der Waals surface area (Å²) in [6, 6.07) is 7.50. The van der Waals surface area contributed by atoms with Crippen molar-refractivity contribution in [3.63, 3.8) is 0 Å². The Balaban J connectivity index is 2.34. The predicted octanol–water partition coefficient (Wildman–Crippen LogP) is 1.84. The van der Waals surface area contributed by atoms with Gasteiger partial charge in [0.2, 0.25) is 10.0 Å². The summed E-state index contributed by atoms with van der Waals surface area (Å²) >= 11 is 0. The van der Waals surface area contributed by atoms with E-state index in [9.17, 15) is 13.2 Å². The van der Waals surface area contributed by atoms with E-state index in [0.717, 1.165) is 5.56 Å². The van der Waals surface area contributed by atoms with Gasteiger partial charge in [-0.05, 0) is 43.9 Å². The zero-order valence-electron chi connectivity index (χ0n) is 14.4. The minimum absolute atomic E-state index is 0.155. The van der Waals surface area contributed by atoms with Crippen LogP contribution < -0.4 is 4.74 Å². The molecule has 0 aromatic heterocycles. The molecule has 1 saturated heterocycles. The predicted molar refractivity (Wildman–Crippen MR) is 91.4 cm³/mol. The second-order valence-electron chi connectivity index (χ2n) is 6.23. The van der Waals surface area contributed by atoms with Crippen LogP contribution in [0.25, 0.3) is 0 Å². The van der Waals surface area contributed by atoms with Crippen LogP contribution in [0.4, 0.5) is 0 Å². The molecule has 0 radical (unpaired) electrons. The number of carbonyl (C=O) groups is 1. The van der Waals surface area contributed by atoms with Gasteiger partial charge in [0.1, 0.15) is 5.75 Å². The Morgan fingerprint density at radius 3 is 2.75 bits per heavy atom. The standard InChI is InChI=1S/C17H25NO5S/c1-4-23-16(19)17(9-6-10-18(13-17)24(3,20)21)12-14-7-5-8-15(11-14)22-2/h5,7-8,11H,4,6,9-10,12-13H2,1-3H3/t17-/m0/s1. The number of methoxy groups -OCH3 is 1. The number of esters is 1. The molecule has 0 N–H and O–H groups in total. The monoisotopic (exact) mass is 355 g/mol. The molecule has 1 fully saturated rings. The van der Waals surface area contributed by atoms with E-state index in [4.69, 9.17) is 9.47 Å². The molecule has 1 atom stereocenters. The van der Waals surface area contributed by atoms with Gasteiger partial charge in [0, 0.05) is 13.1 Å². The Hall–Kier alpha value is -1.60. The average Bonchev–Trinajstić information content (AvgIpc) is 2.54. The molecule has 0 spiro atoms. The van der Waals surface area contributed by atoms with E-state index in [1.807, 2.05) is 24.3 Å². The van der Waals surface area contributed by atoms with Gasteiger partial charge in [-0.15, -0.1) is 0 Å². The Morgan fingerprint density at radius 2 is 2.12 bits per heavy atom. The van der Waals surface area contributed by atoms with E-state index >= 15 is 0 Å². The topological polar surface area (TPSA) is 72.9 Å². The van der Waals surface area contributed by atoms with E-state index in [1.165, 1.54) is 10.6 Å². The van der Waals surface area contributed by atoms with Crippen LogP contribution >= 0.6 is 0 Å². The number of sulfonamides is 1. The summed E-state index contributed by atoms with van der Waals surface area (Å²) in [5.74, 6) is 0.378. The highest BCUT2D eigenvalue weighted by molar-refractivity contribution is 7.88.